The van der Waals surface area contributed by atoms with Crippen molar-refractivity contribution >= 4 is 20.0 Å². The van der Waals surface area contributed by atoms with E-state index in [0.717, 1.165) is 5.56 Å². The first-order valence-corrected chi connectivity index (χ1v) is 11.8. The normalized spacial score (nSPS) is 29.6. The molecular formula is C18H25NO3Si. The van der Waals surface area contributed by atoms with Crippen LogP contribution in [-0.2, 0) is 14.9 Å². The Kier molecular flexibility index (Phi) is 3.76. The number of Topliss-reactive ketones (excluding diaryl/α,β-unsaturated/α-hetero) is 1. The molecule has 1 aromatic carbocycles. The Bertz CT molecular complexity index is 666. The standard InChI is InChI=1S/C18H25NO3Si/c1-6-15(20)16-12(2)11-19-17(21)13-9-7-8-10-14(13)18(16,19)22-23(3,4)5/h7-10,12,16H,6,11H2,1-5H3/t12-,16-,18-/m0/s1. The van der Waals surface area contributed by atoms with Gasteiger partial charge in [0.25, 0.3) is 5.91 Å². The number of carbonyl (C=O) groups is 2. The van der Waals surface area contributed by atoms with Gasteiger partial charge in [-0.25, -0.2) is 0 Å². The summed E-state index contributed by atoms with van der Waals surface area (Å²) >= 11 is 0. The molecule has 0 aromatic heterocycles. The molecule has 3 rings (SSSR count). The van der Waals surface area contributed by atoms with Crippen molar-refractivity contribution in [1.82, 2.24) is 4.90 Å². The Hall–Kier alpha value is -1.46. The molecule has 0 aliphatic carbocycles. The number of ketones is 1. The monoisotopic (exact) mass is 331 g/mol. The van der Waals surface area contributed by atoms with E-state index in [1.165, 1.54) is 0 Å². The lowest BCUT2D eigenvalue weighted by molar-refractivity contribution is -0.138. The van der Waals surface area contributed by atoms with Crippen LogP contribution in [0.2, 0.25) is 19.6 Å². The van der Waals surface area contributed by atoms with Crippen LogP contribution in [0, 0.1) is 11.8 Å². The number of fused-ring (bicyclic) bond motifs is 3. The van der Waals surface area contributed by atoms with Crippen LogP contribution in [0.3, 0.4) is 0 Å². The fourth-order valence-electron chi connectivity index (χ4n) is 4.15. The summed E-state index contributed by atoms with van der Waals surface area (Å²) in [5.74, 6) is 0.00258. The van der Waals surface area contributed by atoms with E-state index in [2.05, 4.69) is 26.6 Å². The SMILES string of the molecule is CCC(=O)[C@@H]1[C@@H](C)CN2C(=O)c3ccccc3[C@]12O[Si](C)(C)C. The molecule has 124 valence electrons. The zero-order valence-electron chi connectivity index (χ0n) is 14.6. The molecule has 5 heteroatoms. The molecule has 0 unspecified atom stereocenters. The highest BCUT2D eigenvalue weighted by atomic mass is 28.4. The van der Waals surface area contributed by atoms with E-state index >= 15 is 0 Å². The Morgan fingerprint density at radius 3 is 2.61 bits per heavy atom. The minimum absolute atomic E-state index is 0.00268. The van der Waals surface area contributed by atoms with Crippen molar-refractivity contribution in [3.05, 3.63) is 35.4 Å². The smallest absolute Gasteiger partial charge is 0.256 e. The number of hydrogen-bond acceptors (Lipinski definition) is 3. The summed E-state index contributed by atoms with van der Waals surface area (Å²) in [6.45, 7) is 10.9. The molecule has 0 radical (unpaired) electrons. The molecular weight excluding hydrogens is 306 g/mol. The molecule has 0 bridgehead atoms. The van der Waals surface area contributed by atoms with E-state index in [1.54, 1.807) is 0 Å². The summed E-state index contributed by atoms with van der Waals surface area (Å²) in [7, 11) is -1.99. The maximum absolute atomic E-state index is 12.9. The Morgan fingerprint density at radius 2 is 2.00 bits per heavy atom. The fourth-order valence-corrected chi connectivity index (χ4v) is 5.43. The second-order valence-electron chi connectivity index (χ2n) is 7.65. The van der Waals surface area contributed by atoms with Gasteiger partial charge in [-0.3, -0.25) is 9.59 Å². The molecule has 23 heavy (non-hydrogen) atoms. The third kappa shape index (κ3) is 2.29. The lowest BCUT2D eigenvalue weighted by Crippen LogP contribution is -2.52. The van der Waals surface area contributed by atoms with Crippen molar-refractivity contribution in [2.75, 3.05) is 6.54 Å². The van der Waals surface area contributed by atoms with Crippen molar-refractivity contribution in [2.24, 2.45) is 11.8 Å². The van der Waals surface area contributed by atoms with Gasteiger partial charge in [0, 0.05) is 24.1 Å². The molecule has 4 nitrogen and oxygen atoms in total. The molecule has 2 aliphatic rings. The van der Waals surface area contributed by atoms with Gasteiger partial charge in [-0.2, -0.15) is 0 Å². The maximum atomic E-state index is 12.9. The lowest BCUT2D eigenvalue weighted by Gasteiger charge is -2.42. The number of benzene rings is 1. The van der Waals surface area contributed by atoms with E-state index in [-0.39, 0.29) is 23.5 Å². The van der Waals surface area contributed by atoms with Crippen molar-refractivity contribution in [1.29, 1.82) is 0 Å². The highest BCUT2D eigenvalue weighted by Crippen LogP contribution is 2.54. The van der Waals surface area contributed by atoms with Crippen LogP contribution in [0.4, 0.5) is 0 Å². The minimum atomic E-state index is -1.99. The molecule has 1 saturated heterocycles. The summed E-state index contributed by atoms with van der Waals surface area (Å²) in [6.07, 6.45) is 0.468. The van der Waals surface area contributed by atoms with Crippen LogP contribution < -0.4 is 0 Å². The third-order valence-corrected chi connectivity index (χ3v) is 5.73. The highest BCUT2D eigenvalue weighted by Gasteiger charge is 2.64. The van der Waals surface area contributed by atoms with Gasteiger partial charge in [0.2, 0.25) is 0 Å². The molecule has 3 atom stereocenters. The second-order valence-corrected chi connectivity index (χ2v) is 12.1. The summed E-state index contributed by atoms with van der Waals surface area (Å²) in [5, 5.41) is 0. The molecule has 2 aliphatic heterocycles. The van der Waals surface area contributed by atoms with Crippen LogP contribution in [0.5, 0.6) is 0 Å². The molecule has 0 N–H and O–H groups in total. The first kappa shape index (κ1) is 16.4. The number of rotatable bonds is 4. The first-order valence-electron chi connectivity index (χ1n) is 8.36. The Labute approximate surface area is 138 Å². The van der Waals surface area contributed by atoms with Crippen molar-refractivity contribution < 1.29 is 14.0 Å². The molecule has 0 spiro atoms. The zero-order valence-corrected chi connectivity index (χ0v) is 15.6. The average Bonchev–Trinajstić information content (AvgIpc) is 2.87. The number of nitrogens with zero attached hydrogens (tertiary/aromatic N) is 1. The van der Waals surface area contributed by atoms with E-state index in [9.17, 15) is 9.59 Å². The van der Waals surface area contributed by atoms with E-state index in [0.29, 0.717) is 18.5 Å². The lowest BCUT2D eigenvalue weighted by atomic mass is 9.80. The van der Waals surface area contributed by atoms with Crippen molar-refractivity contribution in [3.63, 3.8) is 0 Å². The van der Waals surface area contributed by atoms with Gasteiger partial charge < -0.3 is 9.33 Å². The van der Waals surface area contributed by atoms with E-state index in [4.69, 9.17) is 4.43 Å². The summed E-state index contributed by atoms with van der Waals surface area (Å²) < 4.78 is 6.64. The summed E-state index contributed by atoms with van der Waals surface area (Å²) in [4.78, 5) is 27.5. The molecule has 1 aromatic rings. The van der Waals surface area contributed by atoms with E-state index < -0.39 is 14.0 Å². The molecule has 0 saturated carbocycles. The van der Waals surface area contributed by atoms with Gasteiger partial charge in [-0.1, -0.05) is 32.0 Å². The van der Waals surface area contributed by atoms with Gasteiger partial charge in [0.15, 0.2) is 14.0 Å². The van der Waals surface area contributed by atoms with Gasteiger partial charge >= 0.3 is 0 Å². The predicted octanol–water partition coefficient (Wildman–Crippen LogP) is 3.39. The average molecular weight is 331 g/mol. The van der Waals surface area contributed by atoms with Gasteiger partial charge in [0.05, 0.1) is 5.92 Å². The summed E-state index contributed by atoms with van der Waals surface area (Å²) in [5.41, 5.74) is 0.667. The molecule has 2 heterocycles. The van der Waals surface area contributed by atoms with Crippen molar-refractivity contribution in [3.8, 4) is 0 Å². The largest absolute Gasteiger partial charge is 0.391 e. The Morgan fingerprint density at radius 1 is 1.35 bits per heavy atom. The first-order chi connectivity index (χ1) is 10.7. The molecule has 1 amide bonds. The second kappa shape index (κ2) is 5.28. The van der Waals surface area contributed by atoms with Gasteiger partial charge in [-0.05, 0) is 31.6 Å². The maximum Gasteiger partial charge on any atom is 0.256 e. The van der Waals surface area contributed by atoms with Crippen LogP contribution in [0.15, 0.2) is 24.3 Å². The minimum Gasteiger partial charge on any atom is -0.391 e. The Balaban J connectivity index is 2.25. The number of amides is 1. The van der Waals surface area contributed by atoms with Crippen LogP contribution in [0.1, 0.15) is 36.2 Å². The van der Waals surface area contributed by atoms with Gasteiger partial charge in [0.1, 0.15) is 5.78 Å². The van der Waals surface area contributed by atoms with E-state index in [1.807, 2.05) is 36.1 Å². The van der Waals surface area contributed by atoms with Gasteiger partial charge in [-0.15, -0.1) is 0 Å². The number of hydrogen-bond donors (Lipinski definition) is 0. The van der Waals surface area contributed by atoms with Crippen LogP contribution in [-0.4, -0.2) is 31.5 Å². The zero-order chi connectivity index (χ0) is 17.0. The third-order valence-electron chi connectivity index (χ3n) is 4.81. The van der Waals surface area contributed by atoms with Crippen LogP contribution >= 0.6 is 0 Å². The topological polar surface area (TPSA) is 46.6 Å². The highest BCUT2D eigenvalue weighted by molar-refractivity contribution is 6.69. The van der Waals surface area contributed by atoms with Crippen LogP contribution in [0.25, 0.3) is 0 Å². The fraction of sp³-hybridized carbons (Fsp3) is 0.556. The summed E-state index contributed by atoms with van der Waals surface area (Å²) in [6, 6.07) is 7.62. The number of carbonyl (C=O) groups excluding carboxylic acids is 2. The molecule has 1 fully saturated rings. The predicted molar refractivity (Wildman–Crippen MR) is 91.5 cm³/mol. The quantitative estimate of drug-likeness (QED) is 0.795. The van der Waals surface area contributed by atoms with Crippen molar-refractivity contribution in [2.45, 2.75) is 45.6 Å².